The molecule has 0 saturated heterocycles. The lowest BCUT2D eigenvalue weighted by molar-refractivity contribution is -0.213. The normalized spacial score (nSPS) is 12.0. The van der Waals surface area contributed by atoms with Gasteiger partial charge in [-0.05, 0) is 6.42 Å². The van der Waals surface area contributed by atoms with Crippen molar-refractivity contribution in [3.05, 3.63) is 0 Å². The van der Waals surface area contributed by atoms with Crippen LogP contribution in [0.3, 0.4) is 0 Å². The van der Waals surface area contributed by atoms with Gasteiger partial charge < -0.3 is 0 Å². The van der Waals surface area contributed by atoms with Gasteiger partial charge in [0.2, 0.25) is 0 Å². The molecule has 0 aromatic heterocycles. The Hall–Kier alpha value is -0.210. The smallest absolute Gasteiger partial charge is 0.171 e. The number of hydrogen-bond acceptors (Lipinski definition) is 0. The van der Waals surface area contributed by atoms with Crippen LogP contribution in [0.2, 0.25) is 0 Å². The molecule has 0 aromatic rings. The van der Waals surface area contributed by atoms with Crippen LogP contribution in [0.15, 0.2) is 0 Å². The molecule has 3 heteroatoms. The lowest BCUT2D eigenvalue weighted by Gasteiger charge is -2.27. The van der Waals surface area contributed by atoms with Crippen molar-refractivity contribution in [2.75, 3.05) is 0 Å². The fraction of sp³-hybridized carbons (Fsp3) is 1.00. The van der Waals surface area contributed by atoms with Crippen LogP contribution in [-0.4, -0.2) is 6.18 Å². The summed E-state index contributed by atoms with van der Waals surface area (Å²) in [5.41, 5.74) is -1.51. The average Bonchev–Trinajstić information content (AvgIpc) is 2.03. The maximum Gasteiger partial charge on any atom is 0.393 e. The minimum atomic E-state index is -4.05. The van der Waals surface area contributed by atoms with E-state index < -0.39 is 11.6 Å². The molecule has 0 aromatic carbocycles. The SMILES string of the molecule is CC.CCCCC(C)(C)C(F)(F)F. The minimum Gasteiger partial charge on any atom is -0.171 e. The summed E-state index contributed by atoms with van der Waals surface area (Å²) in [6.45, 7) is 8.40. The molecule has 0 nitrogen and oxygen atoms in total. The number of hydrogen-bond donors (Lipinski definition) is 0. The highest BCUT2D eigenvalue weighted by atomic mass is 19.4. The summed E-state index contributed by atoms with van der Waals surface area (Å²) in [5, 5.41) is 0. The third-order valence-electron chi connectivity index (χ3n) is 1.92. The average molecular weight is 198 g/mol. The van der Waals surface area contributed by atoms with Crippen LogP contribution < -0.4 is 0 Å². The molecule has 0 atom stereocenters. The molecule has 0 amide bonds. The van der Waals surface area contributed by atoms with Crippen LogP contribution in [-0.2, 0) is 0 Å². The highest BCUT2D eigenvalue weighted by molar-refractivity contribution is 4.76. The maximum atomic E-state index is 12.2. The van der Waals surface area contributed by atoms with Gasteiger partial charge in [-0.1, -0.05) is 47.5 Å². The van der Waals surface area contributed by atoms with Gasteiger partial charge in [0.1, 0.15) is 0 Å². The third-order valence-corrected chi connectivity index (χ3v) is 1.92. The molecule has 13 heavy (non-hydrogen) atoms. The second-order valence-corrected chi connectivity index (χ2v) is 3.49. The first kappa shape index (κ1) is 15.3. The van der Waals surface area contributed by atoms with Crippen molar-refractivity contribution >= 4 is 0 Å². The van der Waals surface area contributed by atoms with Crippen molar-refractivity contribution in [3.63, 3.8) is 0 Å². The zero-order chi connectivity index (χ0) is 11.1. The predicted octanol–water partition coefficient (Wildman–Crippen LogP) is 4.79. The fourth-order valence-electron chi connectivity index (χ4n) is 0.760. The van der Waals surface area contributed by atoms with E-state index in [0.717, 1.165) is 6.42 Å². The summed E-state index contributed by atoms with van der Waals surface area (Å²) in [7, 11) is 0. The molecular formula is C10H21F3. The van der Waals surface area contributed by atoms with Crippen molar-refractivity contribution in [2.45, 2.75) is 60.1 Å². The van der Waals surface area contributed by atoms with Crippen molar-refractivity contribution < 1.29 is 13.2 Å². The highest BCUT2D eigenvalue weighted by Gasteiger charge is 2.46. The molecule has 0 aliphatic carbocycles. The molecule has 0 aliphatic heterocycles. The Kier molecular flexibility index (Phi) is 7.37. The third kappa shape index (κ3) is 5.94. The van der Waals surface area contributed by atoms with Crippen LogP contribution in [0, 0.1) is 5.41 Å². The molecule has 0 fully saturated rings. The molecule has 0 N–H and O–H groups in total. The van der Waals surface area contributed by atoms with Gasteiger partial charge in [0.05, 0.1) is 5.41 Å². The summed E-state index contributed by atoms with van der Waals surface area (Å²) in [4.78, 5) is 0. The van der Waals surface area contributed by atoms with Gasteiger partial charge in [0.15, 0.2) is 0 Å². The van der Waals surface area contributed by atoms with E-state index in [1.807, 2.05) is 20.8 Å². The first-order valence-corrected chi connectivity index (χ1v) is 4.88. The molecule has 0 heterocycles. The summed E-state index contributed by atoms with van der Waals surface area (Å²) in [6.07, 6.45) is -2.36. The van der Waals surface area contributed by atoms with Gasteiger partial charge in [-0.2, -0.15) is 13.2 Å². The molecule has 0 bridgehead atoms. The number of alkyl halides is 3. The molecular weight excluding hydrogens is 177 g/mol. The Morgan fingerprint density at radius 1 is 1.00 bits per heavy atom. The van der Waals surface area contributed by atoms with E-state index in [-0.39, 0.29) is 6.42 Å². The molecule has 0 unspecified atom stereocenters. The Morgan fingerprint density at radius 2 is 1.38 bits per heavy atom. The number of rotatable bonds is 3. The lowest BCUT2D eigenvalue weighted by atomic mass is 9.87. The van der Waals surface area contributed by atoms with Crippen molar-refractivity contribution in [2.24, 2.45) is 5.41 Å². The predicted molar refractivity (Wildman–Crippen MR) is 50.7 cm³/mol. The van der Waals surface area contributed by atoms with Gasteiger partial charge >= 0.3 is 6.18 Å². The Balaban J connectivity index is 0. The Bertz CT molecular complexity index is 114. The summed E-state index contributed by atoms with van der Waals surface area (Å²) < 4.78 is 36.5. The van der Waals surface area contributed by atoms with Gasteiger partial charge in [0.25, 0.3) is 0 Å². The topological polar surface area (TPSA) is 0 Å². The van der Waals surface area contributed by atoms with E-state index in [4.69, 9.17) is 0 Å². The number of halogens is 3. The number of unbranched alkanes of at least 4 members (excludes halogenated alkanes) is 1. The van der Waals surface area contributed by atoms with Crippen molar-refractivity contribution in [1.29, 1.82) is 0 Å². The monoisotopic (exact) mass is 198 g/mol. The van der Waals surface area contributed by atoms with E-state index in [1.165, 1.54) is 13.8 Å². The van der Waals surface area contributed by atoms with Crippen molar-refractivity contribution in [1.82, 2.24) is 0 Å². The minimum absolute atomic E-state index is 0.229. The zero-order valence-electron chi connectivity index (χ0n) is 9.26. The highest BCUT2D eigenvalue weighted by Crippen LogP contribution is 2.41. The van der Waals surface area contributed by atoms with Crippen LogP contribution in [0.25, 0.3) is 0 Å². The quantitative estimate of drug-likeness (QED) is 0.611. The first-order chi connectivity index (χ1) is 5.81. The maximum absolute atomic E-state index is 12.2. The fourth-order valence-corrected chi connectivity index (χ4v) is 0.760. The summed E-state index contributed by atoms with van der Waals surface area (Å²) >= 11 is 0. The molecule has 0 rings (SSSR count). The van der Waals surface area contributed by atoms with Gasteiger partial charge in [0, 0.05) is 0 Å². The molecule has 0 spiro atoms. The molecule has 0 aliphatic rings. The Morgan fingerprint density at radius 3 is 1.62 bits per heavy atom. The Labute approximate surface area is 79.5 Å². The zero-order valence-corrected chi connectivity index (χ0v) is 9.26. The van der Waals surface area contributed by atoms with Gasteiger partial charge in [-0.3, -0.25) is 0 Å². The first-order valence-electron chi connectivity index (χ1n) is 4.88. The van der Waals surface area contributed by atoms with Gasteiger partial charge in [-0.25, -0.2) is 0 Å². The van der Waals surface area contributed by atoms with Crippen molar-refractivity contribution in [3.8, 4) is 0 Å². The van der Waals surface area contributed by atoms with Crippen LogP contribution in [0.5, 0.6) is 0 Å². The van der Waals surface area contributed by atoms with E-state index in [9.17, 15) is 13.2 Å². The molecule has 0 saturated carbocycles. The van der Waals surface area contributed by atoms with Crippen LogP contribution in [0.1, 0.15) is 53.9 Å². The second-order valence-electron chi connectivity index (χ2n) is 3.49. The second kappa shape index (κ2) is 6.28. The van der Waals surface area contributed by atoms with Crippen LogP contribution in [0.4, 0.5) is 13.2 Å². The largest absolute Gasteiger partial charge is 0.393 e. The molecule has 0 radical (unpaired) electrons. The summed E-state index contributed by atoms with van der Waals surface area (Å²) in [5.74, 6) is 0. The van der Waals surface area contributed by atoms with Gasteiger partial charge in [-0.15, -0.1) is 0 Å². The molecule has 82 valence electrons. The summed E-state index contributed by atoms with van der Waals surface area (Å²) in [6, 6.07) is 0. The van der Waals surface area contributed by atoms with Crippen LogP contribution >= 0.6 is 0 Å². The lowest BCUT2D eigenvalue weighted by Crippen LogP contribution is -2.31. The van der Waals surface area contributed by atoms with E-state index in [0.29, 0.717) is 6.42 Å². The van der Waals surface area contributed by atoms with E-state index in [1.54, 1.807) is 0 Å². The standard InChI is InChI=1S/C8H15F3.C2H6/c1-4-5-6-7(2,3)8(9,10)11;1-2/h4-6H2,1-3H3;1-2H3. The van der Waals surface area contributed by atoms with E-state index in [2.05, 4.69) is 0 Å². The van der Waals surface area contributed by atoms with E-state index >= 15 is 0 Å².